The molecule has 6 heteroatoms. The molecule has 3 nitrogen and oxygen atoms in total. The standard InChI is InChI=1S/C22H20FN3S2/c23-18-10-8-17(9-11-18)20-15-19(21-7-4-14-28-21)25-26(20)22(27)24-13-12-16-5-2-1-3-6-16/h1-11,14,20H,12-13,15H2,(H,24,27). The van der Waals surface area contributed by atoms with E-state index in [1.807, 2.05) is 46.8 Å². The fourth-order valence-electron chi connectivity index (χ4n) is 3.27. The van der Waals surface area contributed by atoms with Gasteiger partial charge in [0.05, 0.1) is 16.6 Å². The zero-order valence-electron chi connectivity index (χ0n) is 15.2. The van der Waals surface area contributed by atoms with Gasteiger partial charge in [0.1, 0.15) is 5.82 Å². The lowest BCUT2D eigenvalue weighted by molar-refractivity contribution is 0.364. The van der Waals surface area contributed by atoms with Crippen LogP contribution in [0.25, 0.3) is 0 Å². The topological polar surface area (TPSA) is 27.6 Å². The van der Waals surface area contributed by atoms with E-state index in [1.165, 1.54) is 17.7 Å². The van der Waals surface area contributed by atoms with Crippen molar-refractivity contribution in [3.05, 3.63) is 93.9 Å². The van der Waals surface area contributed by atoms with E-state index in [0.29, 0.717) is 5.11 Å². The summed E-state index contributed by atoms with van der Waals surface area (Å²) in [5.74, 6) is -0.240. The lowest BCUT2D eigenvalue weighted by atomic mass is 10.0. The second kappa shape index (κ2) is 8.63. The number of thiocarbonyl (C=S) groups is 1. The summed E-state index contributed by atoms with van der Waals surface area (Å²) in [6.07, 6.45) is 1.63. The van der Waals surface area contributed by atoms with Crippen LogP contribution in [0.2, 0.25) is 0 Å². The SMILES string of the molecule is Fc1ccc(C2CC(c3cccs3)=NN2C(=S)NCCc2ccccc2)cc1. The highest BCUT2D eigenvalue weighted by Gasteiger charge is 2.31. The second-order valence-corrected chi connectivity index (χ2v) is 7.94. The molecule has 1 unspecified atom stereocenters. The van der Waals surface area contributed by atoms with Crippen LogP contribution >= 0.6 is 23.6 Å². The van der Waals surface area contributed by atoms with Crippen molar-refractivity contribution < 1.29 is 4.39 Å². The van der Waals surface area contributed by atoms with Gasteiger partial charge in [0.15, 0.2) is 5.11 Å². The van der Waals surface area contributed by atoms with Gasteiger partial charge in [-0.1, -0.05) is 48.5 Å². The molecule has 1 aliphatic heterocycles. The number of benzene rings is 2. The van der Waals surface area contributed by atoms with Crippen molar-refractivity contribution in [3.63, 3.8) is 0 Å². The molecule has 0 spiro atoms. The molecule has 1 aromatic heterocycles. The summed E-state index contributed by atoms with van der Waals surface area (Å²) in [5, 5.41) is 12.6. The van der Waals surface area contributed by atoms with Crippen molar-refractivity contribution in [2.24, 2.45) is 5.10 Å². The summed E-state index contributed by atoms with van der Waals surface area (Å²) < 4.78 is 13.4. The molecule has 0 radical (unpaired) electrons. The Bertz CT molecular complexity index is 953. The molecular formula is C22H20FN3S2. The first-order valence-electron chi connectivity index (χ1n) is 9.18. The first kappa shape index (κ1) is 18.8. The molecule has 0 fully saturated rings. The Labute approximate surface area is 173 Å². The van der Waals surface area contributed by atoms with Crippen LogP contribution in [0.4, 0.5) is 4.39 Å². The molecule has 28 heavy (non-hydrogen) atoms. The number of rotatable bonds is 5. The molecule has 2 aromatic carbocycles. The van der Waals surface area contributed by atoms with Crippen molar-refractivity contribution in [2.75, 3.05) is 6.54 Å². The molecule has 142 valence electrons. The summed E-state index contributed by atoms with van der Waals surface area (Å²) in [6.45, 7) is 0.735. The van der Waals surface area contributed by atoms with Crippen LogP contribution < -0.4 is 5.32 Å². The van der Waals surface area contributed by atoms with Gasteiger partial charge in [-0.3, -0.25) is 0 Å². The van der Waals surface area contributed by atoms with Crippen LogP contribution in [0.5, 0.6) is 0 Å². The van der Waals surface area contributed by atoms with E-state index < -0.39 is 0 Å². The van der Waals surface area contributed by atoms with Gasteiger partial charge in [-0.05, 0) is 53.3 Å². The molecule has 0 aliphatic carbocycles. The molecule has 1 aliphatic rings. The summed E-state index contributed by atoms with van der Waals surface area (Å²) in [5.41, 5.74) is 3.28. The average molecular weight is 410 g/mol. The Morgan fingerprint density at radius 1 is 1.11 bits per heavy atom. The second-order valence-electron chi connectivity index (χ2n) is 6.61. The highest BCUT2D eigenvalue weighted by Crippen LogP contribution is 2.33. The molecule has 0 amide bonds. The van der Waals surface area contributed by atoms with Gasteiger partial charge in [-0.15, -0.1) is 11.3 Å². The van der Waals surface area contributed by atoms with Gasteiger partial charge in [0, 0.05) is 13.0 Å². The van der Waals surface area contributed by atoms with E-state index in [-0.39, 0.29) is 11.9 Å². The van der Waals surface area contributed by atoms with Crippen molar-refractivity contribution in [1.29, 1.82) is 0 Å². The monoisotopic (exact) mass is 409 g/mol. The summed E-state index contributed by atoms with van der Waals surface area (Å²) in [4.78, 5) is 1.14. The van der Waals surface area contributed by atoms with Crippen LogP contribution in [-0.2, 0) is 6.42 Å². The van der Waals surface area contributed by atoms with Crippen LogP contribution in [0, 0.1) is 5.82 Å². The minimum atomic E-state index is -0.240. The van der Waals surface area contributed by atoms with Gasteiger partial charge < -0.3 is 5.32 Å². The van der Waals surface area contributed by atoms with Crippen molar-refractivity contribution in [3.8, 4) is 0 Å². The molecule has 0 saturated heterocycles. The fourth-order valence-corrected chi connectivity index (χ4v) is 4.26. The van der Waals surface area contributed by atoms with Crippen molar-refractivity contribution in [2.45, 2.75) is 18.9 Å². The molecule has 0 saturated carbocycles. The van der Waals surface area contributed by atoms with Crippen LogP contribution in [0.15, 0.2) is 77.2 Å². The van der Waals surface area contributed by atoms with Gasteiger partial charge in [0.2, 0.25) is 0 Å². The highest BCUT2D eigenvalue weighted by atomic mass is 32.1. The number of halogens is 1. The van der Waals surface area contributed by atoms with Crippen molar-refractivity contribution >= 4 is 34.4 Å². The molecular weight excluding hydrogens is 389 g/mol. The predicted molar refractivity (Wildman–Crippen MR) is 117 cm³/mol. The van der Waals surface area contributed by atoms with Crippen molar-refractivity contribution in [1.82, 2.24) is 10.3 Å². The first-order chi connectivity index (χ1) is 13.7. The highest BCUT2D eigenvalue weighted by molar-refractivity contribution is 7.80. The Morgan fingerprint density at radius 2 is 1.89 bits per heavy atom. The molecule has 2 heterocycles. The number of hydrogen-bond donors (Lipinski definition) is 1. The zero-order chi connectivity index (χ0) is 19.3. The minimum absolute atomic E-state index is 0.0329. The number of hydrazone groups is 1. The van der Waals surface area contributed by atoms with E-state index in [1.54, 1.807) is 11.3 Å². The number of nitrogens with zero attached hydrogens (tertiary/aromatic N) is 2. The minimum Gasteiger partial charge on any atom is -0.361 e. The lowest BCUT2D eigenvalue weighted by Crippen LogP contribution is -2.37. The van der Waals surface area contributed by atoms with E-state index in [4.69, 9.17) is 17.3 Å². The van der Waals surface area contributed by atoms with Gasteiger partial charge in [0.25, 0.3) is 0 Å². The third kappa shape index (κ3) is 4.29. The normalized spacial score (nSPS) is 16.1. The summed E-state index contributed by atoms with van der Waals surface area (Å²) >= 11 is 7.32. The quantitative estimate of drug-likeness (QED) is 0.590. The summed E-state index contributed by atoms with van der Waals surface area (Å²) in [7, 11) is 0. The first-order valence-corrected chi connectivity index (χ1v) is 10.5. The van der Waals surface area contributed by atoms with E-state index in [0.717, 1.165) is 35.5 Å². The smallest absolute Gasteiger partial charge is 0.190 e. The number of thiophene rings is 1. The van der Waals surface area contributed by atoms with Gasteiger partial charge in [-0.25, -0.2) is 9.40 Å². The average Bonchev–Trinajstić information content (AvgIpc) is 3.39. The molecule has 1 atom stereocenters. The fraction of sp³-hybridized carbons (Fsp3) is 0.182. The molecule has 1 N–H and O–H groups in total. The molecule has 0 bridgehead atoms. The van der Waals surface area contributed by atoms with E-state index in [2.05, 4.69) is 23.5 Å². The van der Waals surface area contributed by atoms with Crippen LogP contribution in [0.1, 0.15) is 28.5 Å². The Balaban J connectivity index is 1.49. The maximum Gasteiger partial charge on any atom is 0.190 e. The molecule has 4 rings (SSSR count). The van der Waals surface area contributed by atoms with E-state index >= 15 is 0 Å². The Kier molecular flexibility index (Phi) is 5.78. The lowest BCUT2D eigenvalue weighted by Gasteiger charge is -2.25. The number of hydrogen-bond acceptors (Lipinski definition) is 3. The van der Waals surface area contributed by atoms with Gasteiger partial charge >= 0.3 is 0 Å². The third-order valence-electron chi connectivity index (χ3n) is 4.71. The maximum atomic E-state index is 13.4. The zero-order valence-corrected chi connectivity index (χ0v) is 16.8. The maximum absolute atomic E-state index is 13.4. The Hall–Kier alpha value is -2.57. The van der Waals surface area contributed by atoms with E-state index in [9.17, 15) is 4.39 Å². The largest absolute Gasteiger partial charge is 0.361 e. The third-order valence-corrected chi connectivity index (χ3v) is 5.96. The van der Waals surface area contributed by atoms with Gasteiger partial charge in [-0.2, -0.15) is 5.10 Å². The predicted octanol–water partition coefficient (Wildman–Crippen LogP) is 5.16. The van der Waals surface area contributed by atoms with Crippen LogP contribution in [0.3, 0.4) is 0 Å². The molecule has 3 aromatic rings. The summed E-state index contributed by atoms with van der Waals surface area (Å²) in [6, 6.07) is 21.0. The van der Waals surface area contributed by atoms with Crippen LogP contribution in [-0.4, -0.2) is 22.4 Å². The number of nitrogens with one attached hydrogen (secondary N) is 1. The Morgan fingerprint density at radius 3 is 2.61 bits per heavy atom.